The number of alkyl halides is 3. The van der Waals surface area contributed by atoms with E-state index < -0.39 is 74.6 Å². The van der Waals surface area contributed by atoms with Crippen LogP contribution < -0.4 is 14.2 Å². The third-order valence-corrected chi connectivity index (χ3v) is 9.00. The van der Waals surface area contributed by atoms with Crippen molar-refractivity contribution in [1.29, 1.82) is 0 Å². The molecule has 18 heteroatoms. The summed E-state index contributed by atoms with van der Waals surface area (Å²) in [5.74, 6) is -3.94. The summed E-state index contributed by atoms with van der Waals surface area (Å²) >= 11 is 0. The summed E-state index contributed by atoms with van der Waals surface area (Å²) < 4.78 is 96.1. The van der Waals surface area contributed by atoms with Crippen LogP contribution >= 0.6 is 0 Å². The molecular weight excluding hydrogens is 647 g/mol. The van der Waals surface area contributed by atoms with Gasteiger partial charge in [0.15, 0.2) is 31.3 Å². The molecule has 240 valence electrons. The van der Waals surface area contributed by atoms with Crippen LogP contribution in [-0.4, -0.2) is 74.7 Å². The second-order valence-corrected chi connectivity index (χ2v) is 12.2. The Morgan fingerprint density at radius 3 is 2.27 bits per heavy atom. The van der Waals surface area contributed by atoms with E-state index in [0.29, 0.717) is 0 Å². The standard InChI is InChI=1S/C27H24F3N3O10S2/c1-2-17-19(31-10-9-21(17)43-15-27(28,29)30)14-44(38)26-32-18-5-3-4-6-20(18)33(26)45(39,40)16-7-8-22(41-12-24(34)35)23(11-16)42-13-25(36)37/h3-11H,2,12-15H2,1H3,(H,34,35)(H,36,37). The van der Waals surface area contributed by atoms with E-state index >= 15 is 0 Å². The van der Waals surface area contributed by atoms with Crippen molar-refractivity contribution in [3.05, 3.63) is 66.0 Å². The monoisotopic (exact) mass is 671 g/mol. The number of para-hydroxylation sites is 2. The van der Waals surface area contributed by atoms with Crippen LogP contribution in [0.3, 0.4) is 0 Å². The van der Waals surface area contributed by atoms with E-state index in [4.69, 9.17) is 24.4 Å². The van der Waals surface area contributed by atoms with Crippen molar-refractivity contribution in [3.8, 4) is 17.2 Å². The Balaban J connectivity index is 1.78. The minimum atomic E-state index is -4.66. The van der Waals surface area contributed by atoms with Gasteiger partial charge in [0.25, 0.3) is 10.0 Å². The molecule has 2 aromatic heterocycles. The lowest BCUT2D eigenvalue weighted by atomic mass is 10.1. The molecule has 0 aliphatic carbocycles. The first-order valence-electron chi connectivity index (χ1n) is 12.8. The molecule has 0 radical (unpaired) electrons. The summed E-state index contributed by atoms with van der Waals surface area (Å²) in [5, 5.41) is 17.5. The highest BCUT2D eigenvalue weighted by Gasteiger charge is 2.31. The number of nitrogens with zero attached hydrogens (tertiary/aromatic N) is 3. The Morgan fingerprint density at radius 2 is 1.62 bits per heavy atom. The minimum Gasteiger partial charge on any atom is -0.484 e. The molecule has 0 saturated heterocycles. The maximum Gasteiger partial charge on any atom is 0.422 e. The lowest BCUT2D eigenvalue weighted by molar-refractivity contribution is -0.153. The summed E-state index contributed by atoms with van der Waals surface area (Å²) in [7, 11) is -6.89. The summed E-state index contributed by atoms with van der Waals surface area (Å²) in [6, 6.07) is 10.3. The largest absolute Gasteiger partial charge is 0.484 e. The highest BCUT2D eigenvalue weighted by atomic mass is 32.2. The number of pyridine rings is 1. The van der Waals surface area contributed by atoms with Crippen LogP contribution in [0.25, 0.3) is 11.0 Å². The first kappa shape index (κ1) is 33.2. The van der Waals surface area contributed by atoms with Crippen LogP contribution in [0, 0.1) is 0 Å². The van der Waals surface area contributed by atoms with E-state index in [9.17, 15) is 35.4 Å². The van der Waals surface area contributed by atoms with Crippen molar-refractivity contribution < 1.29 is 59.8 Å². The number of hydrogen-bond donors (Lipinski definition) is 2. The van der Waals surface area contributed by atoms with Gasteiger partial charge < -0.3 is 24.4 Å². The highest BCUT2D eigenvalue weighted by Crippen LogP contribution is 2.34. The third kappa shape index (κ3) is 7.88. The van der Waals surface area contributed by atoms with Crippen LogP contribution in [0.5, 0.6) is 17.2 Å². The number of halogens is 3. The normalized spacial score (nSPS) is 12.5. The number of benzene rings is 2. The van der Waals surface area contributed by atoms with Gasteiger partial charge in [-0.25, -0.2) is 27.0 Å². The van der Waals surface area contributed by atoms with Crippen LogP contribution in [-0.2, 0) is 42.6 Å². The molecule has 0 aliphatic heterocycles. The second kappa shape index (κ2) is 13.5. The van der Waals surface area contributed by atoms with E-state index in [0.717, 1.165) is 22.2 Å². The topological polar surface area (TPSA) is 184 Å². The zero-order valence-corrected chi connectivity index (χ0v) is 24.8. The van der Waals surface area contributed by atoms with E-state index in [-0.39, 0.29) is 46.0 Å². The molecule has 45 heavy (non-hydrogen) atoms. The van der Waals surface area contributed by atoms with Gasteiger partial charge in [-0.3, -0.25) is 9.19 Å². The number of hydrogen-bond acceptors (Lipinski definition) is 10. The number of carboxylic acids is 2. The molecule has 0 fully saturated rings. The molecule has 4 rings (SSSR count). The Hall–Kier alpha value is -4.71. The molecular formula is C27H24F3N3O10S2. The number of aliphatic carboxylic acids is 2. The van der Waals surface area contributed by atoms with Gasteiger partial charge in [0.1, 0.15) is 5.75 Å². The summed E-state index contributed by atoms with van der Waals surface area (Å²) in [6.07, 6.45) is -3.25. The quantitative estimate of drug-likeness (QED) is 0.199. The molecule has 13 nitrogen and oxygen atoms in total. The SMILES string of the molecule is CCc1c(OCC(F)(F)F)ccnc1CS(=O)c1nc2ccccc2n1S(=O)(=O)c1ccc(OCC(=O)O)c(OCC(=O)O)c1. The Kier molecular flexibility index (Phi) is 9.97. The predicted octanol–water partition coefficient (Wildman–Crippen LogP) is 3.41. The van der Waals surface area contributed by atoms with Crippen molar-refractivity contribution in [2.24, 2.45) is 0 Å². The molecule has 0 aliphatic rings. The van der Waals surface area contributed by atoms with Gasteiger partial charge in [-0.05, 0) is 36.8 Å². The molecule has 4 aromatic rings. The molecule has 0 spiro atoms. The summed E-state index contributed by atoms with van der Waals surface area (Å²) in [4.78, 5) is 30.0. The first-order chi connectivity index (χ1) is 21.2. The maximum absolute atomic E-state index is 14.1. The van der Waals surface area contributed by atoms with Crippen LogP contribution in [0.2, 0.25) is 0 Å². The van der Waals surface area contributed by atoms with Gasteiger partial charge in [0, 0.05) is 17.8 Å². The van der Waals surface area contributed by atoms with Gasteiger partial charge in [0.05, 0.1) is 38.2 Å². The molecule has 0 amide bonds. The fraction of sp³-hybridized carbons (Fsp3) is 0.259. The smallest absolute Gasteiger partial charge is 0.422 e. The Morgan fingerprint density at radius 1 is 0.956 bits per heavy atom. The van der Waals surface area contributed by atoms with Crippen LogP contribution in [0.15, 0.2) is 64.8 Å². The van der Waals surface area contributed by atoms with Crippen molar-refractivity contribution in [2.75, 3.05) is 19.8 Å². The molecule has 0 saturated carbocycles. The van der Waals surface area contributed by atoms with E-state index in [2.05, 4.69) is 9.97 Å². The van der Waals surface area contributed by atoms with Crippen molar-refractivity contribution in [2.45, 2.75) is 35.3 Å². The number of carbonyl (C=O) groups is 2. The minimum absolute atomic E-state index is 0.0333. The van der Waals surface area contributed by atoms with E-state index in [1.54, 1.807) is 13.0 Å². The van der Waals surface area contributed by atoms with Crippen LogP contribution in [0.4, 0.5) is 13.2 Å². The zero-order valence-electron chi connectivity index (χ0n) is 23.2. The average Bonchev–Trinajstić information content (AvgIpc) is 3.38. The Bertz CT molecular complexity index is 1880. The van der Waals surface area contributed by atoms with Crippen LogP contribution in [0.1, 0.15) is 18.2 Å². The number of fused-ring (bicyclic) bond motifs is 1. The third-order valence-electron chi connectivity index (χ3n) is 5.96. The number of carboxylic acid groups (broad SMARTS) is 2. The first-order valence-corrected chi connectivity index (χ1v) is 15.6. The van der Waals surface area contributed by atoms with Crippen molar-refractivity contribution >= 4 is 43.8 Å². The molecule has 0 bridgehead atoms. The number of ether oxygens (including phenoxy) is 3. The molecule has 1 atom stereocenters. The number of aromatic nitrogens is 3. The fourth-order valence-corrected chi connectivity index (χ4v) is 7.14. The van der Waals surface area contributed by atoms with Gasteiger partial charge in [-0.2, -0.15) is 13.2 Å². The summed E-state index contributed by atoms with van der Waals surface area (Å²) in [5.41, 5.74) is 0.540. The average molecular weight is 672 g/mol. The van der Waals surface area contributed by atoms with E-state index in [1.807, 2.05) is 0 Å². The van der Waals surface area contributed by atoms with E-state index in [1.165, 1.54) is 30.5 Å². The van der Waals surface area contributed by atoms with Gasteiger partial charge in [-0.15, -0.1) is 0 Å². The van der Waals surface area contributed by atoms with Gasteiger partial charge in [0.2, 0.25) is 5.16 Å². The fourth-order valence-electron chi connectivity index (χ4n) is 4.12. The maximum atomic E-state index is 14.1. The molecule has 2 heterocycles. The molecule has 1 unspecified atom stereocenters. The Labute approximate surface area is 255 Å². The highest BCUT2D eigenvalue weighted by molar-refractivity contribution is 7.91. The lowest BCUT2D eigenvalue weighted by Gasteiger charge is -2.16. The predicted molar refractivity (Wildman–Crippen MR) is 150 cm³/mol. The molecule has 2 aromatic carbocycles. The number of rotatable bonds is 14. The van der Waals surface area contributed by atoms with Gasteiger partial charge >= 0.3 is 18.1 Å². The number of imidazole rings is 1. The zero-order chi connectivity index (χ0) is 32.9. The summed E-state index contributed by atoms with van der Waals surface area (Å²) in [6.45, 7) is -1.66. The van der Waals surface area contributed by atoms with Crippen molar-refractivity contribution in [3.63, 3.8) is 0 Å². The second-order valence-electron chi connectivity index (χ2n) is 9.11. The molecule has 2 N–H and O–H groups in total. The van der Waals surface area contributed by atoms with Gasteiger partial charge in [-0.1, -0.05) is 19.1 Å². The van der Waals surface area contributed by atoms with Crippen molar-refractivity contribution in [1.82, 2.24) is 13.9 Å². The lowest BCUT2D eigenvalue weighted by Crippen LogP contribution is -2.20.